The summed E-state index contributed by atoms with van der Waals surface area (Å²) in [6.45, 7) is 15.1. The van der Waals surface area contributed by atoms with Gasteiger partial charge in [-0.1, -0.05) is 64.8 Å². The van der Waals surface area contributed by atoms with E-state index in [-0.39, 0.29) is 22.7 Å². The largest absolute Gasteiger partial charge is 0.506 e. The molecule has 1 aromatic heterocycles. The molecule has 1 aromatic carbocycles. The molecular formula is C36H57N5O5S2. The van der Waals surface area contributed by atoms with Crippen molar-refractivity contribution in [3.8, 4) is 5.75 Å². The Bertz CT molecular complexity index is 1330. The number of anilines is 1. The molecule has 12 heteroatoms. The summed E-state index contributed by atoms with van der Waals surface area (Å²) in [5.74, 6) is 0.429. The van der Waals surface area contributed by atoms with E-state index in [1.54, 1.807) is 30.5 Å². The van der Waals surface area contributed by atoms with Gasteiger partial charge in [0.2, 0.25) is 0 Å². The lowest BCUT2D eigenvalue weighted by Crippen LogP contribution is -2.58. The molecule has 2 saturated heterocycles. The average Bonchev–Trinajstić information content (AvgIpc) is 3.57. The smallest absolute Gasteiger partial charge is 0.273 e. The number of nitrogens with zero attached hydrogens (tertiary/aromatic N) is 3. The fourth-order valence-electron chi connectivity index (χ4n) is 6.78. The Morgan fingerprint density at radius 3 is 2.60 bits per heavy atom. The van der Waals surface area contributed by atoms with Gasteiger partial charge >= 0.3 is 0 Å². The minimum absolute atomic E-state index is 0.0419. The molecule has 0 saturated carbocycles. The molecule has 2 aliphatic rings. The maximum absolute atomic E-state index is 13.2. The third-order valence-electron chi connectivity index (χ3n) is 9.87. The second kappa shape index (κ2) is 18.1. The van der Waals surface area contributed by atoms with Gasteiger partial charge in [-0.15, -0.1) is 11.3 Å². The highest BCUT2D eigenvalue weighted by Crippen LogP contribution is 2.39. The summed E-state index contributed by atoms with van der Waals surface area (Å²) in [4.78, 5) is 34.0. The quantitative estimate of drug-likeness (QED) is 0.0609. The topological polar surface area (TPSA) is 127 Å². The average molecular weight is 704 g/mol. The number of likely N-dealkylation sites (tertiary alicyclic amines) is 1. The minimum Gasteiger partial charge on any atom is -0.506 e. The van der Waals surface area contributed by atoms with Gasteiger partial charge in [0.05, 0.1) is 35.6 Å². The molecule has 4 N–H and O–H groups in total. The lowest BCUT2D eigenvalue weighted by molar-refractivity contribution is -0.127. The van der Waals surface area contributed by atoms with Gasteiger partial charge in [0.15, 0.2) is 5.62 Å². The molecule has 48 heavy (non-hydrogen) atoms. The summed E-state index contributed by atoms with van der Waals surface area (Å²) in [5, 5.41) is 30.1. The van der Waals surface area contributed by atoms with E-state index in [0.29, 0.717) is 59.6 Å². The van der Waals surface area contributed by atoms with Crippen molar-refractivity contribution in [3.63, 3.8) is 0 Å². The number of carbonyl (C=O) groups excluding carboxylic acids is 2. The van der Waals surface area contributed by atoms with Gasteiger partial charge in [0.25, 0.3) is 5.91 Å². The summed E-state index contributed by atoms with van der Waals surface area (Å²) in [6.07, 6.45) is 8.21. The number of phenols is 1. The summed E-state index contributed by atoms with van der Waals surface area (Å²) in [6, 6.07) is 3.22. The molecule has 4 rings (SSSR count). The van der Waals surface area contributed by atoms with E-state index in [9.17, 15) is 19.8 Å². The number of hydrogen-bond acceptors (Lipinski definition) is 11. The number of piperidine rings is 1. The monoisotopic (exact) mass is 703 g/mol. The van der Waals surface area contributed by atoms with Gasteiger partial charge in [-0.25, -0.2) is 4.98 Å². The highest BCUT2D eigenvalue weighted by atomic mass is 32.2. The van der Waals surface area contributed by atoms with Gasteiger partial charge in [-0.3, -0.25) is 9.59 Å². The van der Waals surface area contributed by atoms with Crippen LogP contribution in [-0.4, -0.2) is 102 Å². The van der Waals surface area contributed by atoms with Gasteiger partial charge in [0.1, 0.15) is 11.4 Å². The van der Waals surface area contributed by atoms with E-state index in [0.717, 1.165) is 62.2 Å². The van der Waals surface area contributed by atoms with Crippen molar-refractivity contribution < 1.29 is 24.5 Å². The number of aromatic hydroxyl groups is 1. The fraction of sp³-hybridized carbons (Fsp3) is 0.694. The lowest BCUT2D eigenvalue weighted by Gasteiger charge is -2.47. The summed E-state index contributed by atoms with van der Waals surface area (Å²) in [7, 11) is 1.68. The van der Waals surface area contributed by atoms with Crippen molar-refractivity contribution in [1.29, 1.82) is 0 Å². The van der Waals surface area contributed by atoms with E-state index in [1.165, 1.54) is 32.1 Å². The minimum atomic E-state index is -0.782. The van der Waals surface area contributed by atoms with Gasteiger partial charge in [0, 0.05) is 49.4 Å². The summed E-state index contributed by atoms with van der Waals surface area (Å²) < 4.78 is 6.32. The molecule has 2 aromatic rings. The van der Waals surface area contributed by atoms with Crippen molar-refractivity contribution in [2.24, 2.45) is 5.41 Å². The van der Waals surface area contributed by atoms with Crippen LogP contribution in [0.2, 0.25) is 0 Å². The Morgan fingerprint density at radius 2 is 1.92 bits per heavy atom. The number of thioether (sulfide) groups is 1. The number of hydrogen-bond donors (Lipinski definition) is 4. The first-order chi connectivity index (χ1) is 23.0. The molecular weight excluding hydrogens is 647 g/mol. The number of morpholine rings is 1. The zero-order valence-corrected chi connectivity index (χ0v) is 31.2. The normalized spacial score (nSPS) is 17.6. The van der Waals surface area contributed by atoms with E-state index in [1.807, 2.05) is 10.3 Å². The first-order valence-electron chi connectivity index (χ1n) is 17.6. The summed E-state index contributed by atoms with van der Waals surface area (Å²) in [5.41, 5.74) is 2.35. The van der Waals surface area contributed by atoms with E-state index >= 15 is 0 Å². The Morgan fingerprint density at radius 1 is 1.17 bits per heavy atom. The number of rotatable bonds is 18. The third kappa shape index (κ3) is 10.6. The number of nitrogens with one attached hydrogen (secondary N) is 2. The Labute approximate surface area is 295 Å². The van der Waals surface area contributed by atoms with Crippen LogP contribution < -0.4 is 10.6 Å². The van der Waals surface area contributed by atoms with Crippen LogP contribution in [0.25, 0.3) is 0 Å². The third-order valence-corrected chi connectivity index (χ3v) is 11.8. The highest BCUT2D eigenvalue weighted by Gasteiger charge is 2.41. The number of benzene rings is 1. The van der Waals surface area contributed by atoms with Crippen molar-refractivity contribution in [3.05, 3.63) is 33.8 Å². The highest BCUT2D eigenvalue weighted by molar-refractivity contribution is 8.12. The first-order valence-corrected chi connectivity index (χ1v) is 19.4. The number of phenolic OH excluding ortho intramolecular Hbond substituents is 1. The molecule has 2 fully saturated rings. The molecule has 1 atom stereocenters. The summed E-state index contributed by atoms with van der Waals surface area (Å²) >= 11 is 2.53. The molecule has 3 heterocycles. The fourth-order valence-corrected chi connectivity index (χ4v) is 8.35. The molecule has 268 valence electrons. The zero-order chi connectivity index (χ0) is 34.7. The van der Waals surface area contributed by atoms with Crippen LogP contribution in [0.1, 0.15) is 112 Å². The van der Waals surface area contributed by atoms with Crippen molar-refractivity contribution >= 4 is 40.3 Å². The van der Waals surface area contributed by atoms with Crippen molar-refractivity contribution in [2.75, 3.05) is 64.8 Å². The molecule has 0 aliphatic carbocycles. The van der Waals surface area contributed by atoms with Crippen LogP contribution in [0.15, 0.2) is 22.4 Å². The van der Waals surface area contributed by atoms with Gasteiger partial charge < -0.3 is 35.4 Å². The van der Waals surface area contributed by atoms with Crippen LogP contribution in [-0.2, 0) is 9.53 Å². The van der Waals surface area contributed by atoms with Crippen LogP contribution in [0.3, 0.4) is 0 Å². The maximum Gasteiger partial charge on any atom is 0.273 e. The van der Waals surface area contributed by atoms with E-state index < -0.39 is 6.10 Å². The number of thiazole rings is 1. The lowest BCUT2D eigenvalue weighted by atomic mass is 9.83. The predicted octanol–water partition coefficient (Wildman–Crippen LogP) is 6.29. The van der Waals surface area contributed by atoms with Crippen LogP contribution in [0, 0.1) is 5.41 Å². The second-order valence-electron chi connectivity index (χ2n) is 14.5. The number of amides is 1. The van der Waals surface area contributed by atoms with Gasteiger partial charge in [-0.05, 0) is 62.2 Å². The number of carbonyl (C=O) groups is 2. The maximum atomic E-state index is 13.2. The van der Waals surface area contributed by atoms with Crippen LogP contribution in [0.4, 0.5) is 5.69 Å². The number of unbranched alkanes of at least 4 members (excludes halogenated alkanes) is 3. The molecule has 10 nitrogen and oxygen atoms in total. The standard InChI is InChI=1S/C36H57N5O5S2/c1-26(2)33-39-28(23-47-33)34(45)41-20-21-46-36(24-41)14-18-40(19-15-36)17-9-7-6-8-12-35(3,4)13-16-38-22-30(44)27-10-11-29(43)31(37-5)32(27)48-25-42/h10-11,23,25-26,30,37-38,43-44H,6-9,12-22,24H2,1-5H3/t30-/m0/s1. The van der Waals surface area contributed by atoms with Crippen LogP contribution in [0.5, 0.6) is 5.75 Å². The molecule has 0 bridgehead atoms. The molecule has 2 aliphatic heterocycles. The predicted molar refractivity (Wildman–Crippen MR) is 196 cm³/mol. The molecule has 0 unspecified atom stereocenters. The van der Waals surface area contributed by atoms with Crippen LogP contribution >= 0.6 is 23.1 Å². The molecule has 1 amide bonds. The number of aliphatic hydroxyl groups is 1. The Balaban J connectivity index is 1.08. The van der Waals surface area contributed by atoms with Crippen molar-refractivity contribution in [2.45, 2.75) is 102 Å². The van der Waals surface area contributed by atoms with E-state index in [4.69, 9.17) is 4.74 Å². The van der Waals surface area contributed by atoms with Gasteiger partial charge in [-0.2, -0.15) is 0 Å². The Hall–Kier alpha value is -2.22. The van der Waals surface area contributed by atoms with E-state index in [2.05, 4.69) is 48.2 Å². The number of ether oxygens (including phenoxy) is 1. The number of aromatic nitrogens is 1. The second-order valence-corrected chi connectivity index (χ2v) is 16.2. The number of aliphatic hydroxyl groups excluding tert-OH is 1. The molecule has 1 spiro atoms. The molecule has 0 radical (unpaired) electrons. The SMILES string of the molecule is CNc1c(O)ccc([C@@H](O)CNCCC(C)(C)CCCCCCN2CCC3(CC2)CN(C(=O)c2csc(C(C)C)n2)CCO3)c1SC=O. The zero-order valence-electron chi connectivity index (χ0n) is 29.6. The van der Waals surface area contributed by atoms with Crippen molar-refractivity contribution in [1.82, 2.24) is 20.1 Å². The first kappa shape index (κ1) is 38.6. The Kier molecular flexibility index (Phi) is 14.6.